The van der Waals surface area contributed by atoms with Gasteiger partial charge in [0.05, 0.1) is 0 Å². The molecule has 0 aliphatic carbocycles. The van der Waals surface area contributed by atoms with Crippen LogP contribution in [0, 0.1) is 0 Å². The molecule has 0 unspecified atom stereocenters. The smallest absolute Gasteiger partial charge is 0.324 e. The summed E-state index contributed by atoms with van der Waals surface area (Å²) in [5.41, 5.74) is 0. The molecule has 23 heteroatoms. The first kappa shape index (κ1) is 51.3. The molecule has 0 aliphatic heterocycles. The van der Waals surface area contributed by atoms with Crippen LogP contribution in [-0.4, -0.2) is 235 Å². The SMILES string of the molecule is O=P(O)(O)CN(CCCCCCN(CP(=O)(O)O)CP(=O)(O)O)CP(=O)(O)O.[Na].[Na].[Na].[Na].[Na]. The van der Waals surface area contributed by atoms with Crippen molar-refractivity contribution in [3.8, 4) is 0 Å². The van der Waals surface area contributed by atoms with Gasteiger partial charge >= 0.3 is 30.4 Å². The van der Waals surface area contributed by atoms with Crippen LogP contribution in [0.25, 0.3) is 0 Å². The van der Waals surface area contributed by atoms with E-state index in [1.165, 1.54) is 0 Å². The first-order chi connectivity index (χ1) is 12.4. The summed E-state index contributed by atoms with van der Waals surface area (Å²) in [5, 5.41) is 0. The summed E-state index contributed by atoms with van der Waals surface area (Å²) in [6, 6.07) is 0. The zero-order valence-electron chi connectivity index (χ0n) is 20.0. The summed E-state index contributed by atoms with van der Waals surface area (Å²) in [5.74, 6) is 0. The molecule has 0 aromatic heterocycles. The fourth-order valence-electron chi connectivity index (χ4n) is 2.44. The van der Waals surface area contributed by atoms with Crippen molar-refractivity contribution in [2.75, 3.05) is 38.2 Å². The maximum atomic E-state index is 11.0. The molecule has 0 saturated heterocycles. The minimum atomic E-state index is -4.49. The maximum absolute atomic E-state index is 11.0. The Morgan fingerprint density at radius 2 is 0.576 bits per heavy atom. The van der Waals surface area contributed by atoms with Gasteiger partial charge in [0.25, 0.3) is 0 Å². The number of hydrogen-bond donors (Lipinski definition) is 8. The van der Waals surface area contributed by atoms with E-state index in [4.69, 9.17) is 39.1 Å². The molecule has 0 spiro atoms. The second kappa shape index (κ2) is 24.2. The minimum absolute atomic E-state index is 0. The first-order valence-corrected chi connectivity index (χ1v) is 15.2. The van der Waals surface area contributed by atoms with Gasteiger partial charge in [-0.25, -0.2) is 0 Å². The van der Waals surface area contributed by atoms with Crippen molar-refractivity contribution in [1.82, 2.24) is 9.80 Å². The molecule has 0 atom stereocenters. The van der Waals surface area contributed by atoms with Gasteiger partial charge in [0, 0.05) is 148 Å². The van der Waals surface area contributed by atoms with E-state index in [1.807, 2.05) is 0 Å². The first-order valence-electron chi connectivity index (χ1n) is 7.99. The summed E-state index contributed by atoms with van der Waals surface area (Å²) in [6.45, 7) is 0.0375. The Balaban J connectivity index is -0.000000364. The molecule has 33 heavy (non-hydrogen) atoms. The molecule has 5 radical (unpaired) electrons. The molecule has 0 bridgehead atoms. The maximum Gasteiger partial charge on any atom is 0.339 e. The number of nitrogens with zero attached hydrogens (tertiary/aromatic N) is 2. The Hall–Kier alpha value is 5.52. The molecule has 175 valence electrons. The van der Waals surface area contributed by atoms with Crippen molar-refractivity contribution in [2.24, 2.45) is 0 Å². The average Bonchev–Trinajstić information content (AvgIpc) is 2.34. The minimum Gasteiger partial charge on any atom is -0.324 e. The molecule has 0 aromatic rings. The van der Waals surface area contributed by atoms with Gasteiger partial charge in [-0.2, -0.15) is 0 Å². The number of rotatable bonds is 15. The monoisotopic (exact) mass is 607 g/mol. The predicted octanol–water partition coefficient (Wildman–Crippen LogP) is -2.21. The van der Waals surface area contributed by atoms with Gasteiger partial charge in [0.15, 0.2) is 0 Å². The van der Waals surface area contributed by atoms with E-state index in [-0.39, 0.29) is 161 Å². The van der Waals surface area contributed by atoms with Crippen molar-refractivity contribution >= 4 is 178 Å². The molecule has 0 rings (SSSR count). The summed E-state index contributed by atoms with van der Waals surface area (Å²) < 4.78 is 44.1. The van der Waals surface area contributed by atoms with Crippen molar-refractivity contribution in [2.45, 2.75) is 25.7 Å². The largest absolute Gasteiger partial charge is 0.339 e. The van der Waals surface area contributed by atoms with E-state index in [9.17, 15) is 18.3 Å². The Bertz CT molecular complexity index is 567. The number of unbranched alkanes of at least 4 members (excludes halogenated alkanes) is 3. The van der Waals surface area contributed by atoms with E-state index in [2.05, 4.69) is 0 Å². The van der Waals surface area contributed by atoms with Crippen LogP contribution in [0.1, 0.15) is 25.7 Å². The molecule has 0 aliphatic rings. The molecule has 0 fully saturated rings. The quantitative estimate of drug-likeness (QED) is 0.0560. The topological polar surface area (TPSA) is 237 Å². The average molecular weight is 607 g/mol. The summed E-state index contributed by atoms with van der Waals surface area (Å²) in [6.07, 6.45) is -1.55. The van der Waals surface area contributed by atoms with E-state index in [0.29, 0.717) is 25.7 Å². The van der Waals surface area contributed by atoms with Gasteiger partial charge in [0.1, 0.15) is 25.1 Å². The van der Waals surface area contributed by atoms with Crippen molar-refractivity contribution in [3.63, 3.8) is 0 Å². The Labute approximate surface area is 304 Å². The van der Waals surface area contributed by atoms with Crippen LogP contribution >= 0.6 is 30.4 Å². The van der Waals surface area contributed by atoms with Crippen LogP contribution in [0.3, 0.4) is 0 Å². The van der Waals surface area contributed by atoms with Gasteiger partial charge in [0.2, 0.25) is 0 Å². The normalized spacial score (nSPS) is 12.1. The Morgan fingerprint density at radius 3 is 0.727 bits per heavy atom. The van der Waals surface area contributed by atoms with Crippen LogP contribution in [0.4, 0.5) is 0 Å². The van der Waals surface area contributed by atoms with Crippen LogP contribution in [-0.2, 0) is 18.3 Å². The van der Waals surface area contributed by atoms with E-state index < -0.39 is 55.5 Å². The number of hydrogen-bond acceptors (Lipinski definition) is 6. The zero-order valence-corrected chi connectivity index (χ0v) is 33.5. The second-order valence-corrected chi connectivity index (χ2v) is 12.9. The predicted molar refractivity (Wildman–Crippen MR) is 128 cm³/mol. The molecule has 0 aromatic carbocycles. The molecular formula is C10H28N2Na5O12P4. The van der Waals surface area contributed by atoms with Gasteiger partial charge < -0.3 is 39.1 Å². The van der Waals surface area contributed by atoms with E-state index in [0.717, 1.165) is 9.80 Å². The van der Waals surface area contributed by atoms with E-state index in [1.54, 1.807) is 0 Å². The van der Waals surface area contributed by atoms with E-state index >= 15 is 0 Å². The van der Waals surface area contributed by atoms with Gasteiger partial charge in [-0.05, 0) is 25.9 Å². The van der Waals surface area contributed by atoms with Crippen LogP contribution in [0.15, 0.2) is 0 Å². The van der Waals surface area contributed by atoms with Crippen LogP contribution < -0.4 is 0 Å². The van der Waals surface area contributed by atoms with Crippen molar-refractivity contribution in [3.05, 3.63) is 0 Å². The molecule has 0 amide bonds. The van der Waals surface area contributed by atoms with Crippen LogP contribution in [0.2, 0.25) is 0 Å². The van der Waals surface area contributed by atoms with Gasteiger partial charge in [-0.3, -0.25) is 28.1 Å². The van der Waals surface area contributed by atoms with Gasteiger partial charge in [-0.15, -0.1) is 0 Å². The third-order valence-electron chi connectivity index (χ3n) is 3.24. The van der Waals surface area contributed by atoms with Crippen LogP contribution in [0.5, 0.6) is 0 Å². The molecule has 0 saturated carbocycles. The molecule has 14 nitrogen and oxygen atoms in total. The third-order valence-corrected chi connectivity index (χ3v) is 6.31. The second-order valence-electron chi connectivity index (χ2n) is 6.43. The fraction of sp³-hybridized carbons (Fsp3) is 1.00. The van der Waals surface area contributed by atoms with Gasteiger partial charge in [-0.1, -0.05) is 12.8 Å². The Kier molecular flexibility index (Phi) is 37.5. The molecule has 8 N–H and O–H groups in total. The zero-order chi connectivity index (χ0) is 22.2. The standard InChI is InChI=1S/C10H28N2O12P4.5Na/c13-25(14,15)7-11(8-26(16,17)18)5-3-1-2-4-6-12(9-27(19,20)21)10-28(22,23)24;;;;;/h1-10H2,(H2,13,14,15)(H2,16,17,18)(H2,19,20,21)(H2,22,23,24);;;;;. The molecular weight excluding hydrogens is 579 g/mol. The fourth-order valence-corrected chi connectivity index (χ4v) is 5.80. The Morgan fingerprint density at radius 1 is 0.394 bits per heavy atom. The molecule has 0 heterocycles. The van der Waals surface area contributed by atoms with Crippen molar-refractivity contribution in [1.29, 1.82) is 0 Å². The summed E-state index contributed by atoms with van der Waals surface area (Å²) in [7, 11) is -18.0. The summed E-state index contributed by atoms with van der Waals surface area (Å²) >= 11 is 0. The summed E-state index contributed by atoms with van der Waals surface area (Å²) in [4.78, 5) is 73.6. The third kappa shape index (κ3) is 39.7. The van der Waals surface area contributed by atoms with Crippen molar-refractivity contribution < 1.29 is 57.4 Å².